The van der Waals surface area contributed by atoms with E-state index in [0.717, 1.165) is 0 Å². The minimum Gasteiger partial charge on any atom is -0.493 e. The second kappa shape index (κ2) is 7.87. The van der Waals surface area contributed by atoms with Gasteiger partial charge >= 0.3 is 0 Å². The Morgan fingerprint density at radius 1 is 1.23 bits per heavy atom. The molecule has 5 N–H and O–H groups in total. The number of nitrogens with two attached hydrogens (primary N) is 2. The van der Waals surface area contributed by atoms with Gasteiger partial charge in [0.15, 0.2) is 17.5 Å². The highest BCUT2D eigenvalue weighted by Crippen LogP contribution is 2.27. The molecule has 1 atom stereocenters. The van der Waals surface area contributed by atoms with Gasteiger partial charge in [-0.1, -0.05) is 6.07 Å². The van der Waals surface area contributed by atoms with Crippen LogP contribution in [0.4, 0.5) is 0 Å². The molecule has 1 aromatic carbocycles. The van der Waals surface area contributed by atoms with Crippen molar-refractivity contribution in [3.05, 3.63) is 23.8 Å². The molecule has 0 aliphatic heterocycles. The number of hydrogen-bond acceptors (Lipinski definition) is 5. The second-order valence-corrected chi connectivity index (χ2v) is 4.51. The number of nitrogens with one attached hydrogen (secondary N) is 1. The number of rotatable bonds is 6. The number of methoxy groups -OCH3 is 2. The van der Waals surface area contributed by atoms with Crippen molar-refractivity contribution in [2.45, 2.75) is 19.4 Å². The van der Waals surface area contributed by atoms with Crippen LogP contribution in [-0.4, -0.2) is 38.0 Å². The number of hydrogen-bond donors (Lipinski definition) is 3. The Labute approximate surface area is 128 Å². The highest BCUT2D eigenvalue weighted by Gasteiger charge is 2.11. The Balaban J connectivity index is 2.71. The number of carbonyl (C=O) groups is 2. The first-order valence-corrected chi connectivity index (χ1v) is 6.50. The fraction of sp³-hybridized carbons (Fsp3) is 0.357. The lowest BCUT2D eigenvalue weighted by molar-refractivity contribution is -0.120. The quantitative estimate of drug-likeness (QED) is 0.484. The van der Waals surface area contributed by atoms with Crippen molar-refractivity contribution in [3.63, 3.8) is 0 Å². The smallest absolute Gasteiger partial charge is 0.242 e. The van der Waals surface area contributed by atoms with Crippen molar-refractivity contribution >= 4 is 17.8 Å². The molecule has 0 saturated heterocycles. The molecule has 0 aliphatic rings. The highest BCUT2D eigenvalue weighted by molar-refractivity contribution is 5.98. The summed E-state index contributed by atoms with van der Waals surface area (Å²) >= 11 is 0. The summed E-state index contributed by atoms with van der Waals surface area (Å²) in [5.74, 6) is -0.0567. The molecule has 0 bridgehead atoms. The summed E-state index contributed by atoms with van der Waals surface area (Å²) in [6.07, 6.45) is 0.0710. The van der Waals surface area contributed by atoms with Gasteiger partial charge in [-0.3, -0.25) is 14.9 Å². The van der Waals surface area contributed by atoms with Crippen molar-refractivity contribution in [2.75, 3.05) is 14.2 Å². The number of nitrogens with zero attached hydrogens (tertiary/aromatic N) is 1. The highest BCUT2D eigenvalue weighted by atomic mass is 16.5. The standard InChI is InChI=1S/C14H20N4O4/c1-8(13(15)20)17-14(16)18-12(19)7-9-4-5-10(21-2)11(6-9)22-3/h4-6,8H,7H2,1-3H3,(H2,15,20)(H3,16,17,18,19). The van der Waals surface area contributed by atoms with E-state index < -0.39 is 11.9 Å². The van der Waals surface area contributed by atoms with Crippen molar-refractivity contribution in [1.29, 1.82) is 0 Å². The van der Waals surface area contributed by atoms with E-state index in [1.165, 1.54) is 21.1 Å². The maximum Gasteiger partial charge on any atom is 0.242 e. The Morgan fingerprint density at radius 2 is 1.86 bits per heavy atom. The van der Waals surface area contributed by atoms with Crippen molar-refractivity contribution < 1.29 is 19.1 Å². The monoisotopic (exact) mass is 308 g/mol. The summed E-state index contributed by atoms with van der Waals surface area (Å²) in [6.45, 7) is 1.48. The first-order valence-electron chi connectivity index (χ1n) is 6.50. The first-order chi connectivity index (χ1) is 10.4. The van der Waals surface area contributed by atoms with Gasteiger partial charge in [0.2, 0.25) is 11.8 Å². The lowest BCUT2D eigenvalue weighted by atomic mass is 10.1. The lowest BCUT2D eigenvalue weighted by Crippen LogP contribution is -2.39. The zero-order chi connectivity index (χ0) is 16.7. The summed E-state index contributed by atoms with van der Waals surface area (Å²) in [5, 5.41) is 2.39. The molecule has 1 unspecified atom stereocenters. The van der Waals surface area contributed by atoms with Crippen LogP contribution in [0.3, 0.4) is 0 Å². The van der Waals surface area contributed by atoms with Gasteiger partial charge in [-0.25, -0.2) is 4.99 Å². The second-order valence-electron chi connectivity index (χ2n) is 4.51. The lowest BCUT2D eigenvalue weighted by Gasteiger charge is -2.10. The van der Waals surface area contributed by atoms with Gasteiger partial charge in [0.25, 0.3) is 0 Å². The SMILES string of the molecule is COc1ccc(CC(=O)NC(N)=NC(C)C(N)=O)cc1OC. The van der Waals surface area contributed by atoms with E-state index in [0.29, 0.717) is 17.1 Å². The van der Waals surface area contributed by atoms with E-state index in [1.54, 1.807) is 18.2 Å². The van der Waals surface area contributed by atoms with Crippen molar-refractivity contribution in [2.24, 2.45) is 16.5 Å². The summed E-state index contributed by atoms with van der Waals surface area (Å²) in [4.78, 5) is 26.5. The molecule has 120 valence electrons. The zero-order valence-electron chi connectivity index (χ0n) is 12.8. The Bertz CT molecular complexity index is 586. The molecule has 8 nitrogen and oxygen atoms in total. The van der Waals surface area contributed by atoms with E-state index in [4.69, 9.17) is 20.9 Å². The molecule has 1 rings (SSSR count). The summed E-state index contributed by atoms with van der Waals surface area (Å²) in [5.41, 5.74) is 11.3. The van der Waals surface area contributed by atoms with Crippen LogP contribution in [0.15, 0.2) is 23.2 Å². The molecule has 0 aliphatic carbocycles. The minimum atomic E-state index is -0.804. The maximum absolute atomic E-state index is 11.9. The van der Waals surface area contributed by atoms with Crippen LogP contribution in [-0.2, 0) is 16.0 Å². The number of amides is 2. The zero-order valence-corrected chi connectivity index (χ0v) is 12.8. The fourth-order valence-electron chi connectivity index (χ4n) is 1.67. The van der Waals surface area contributed by atoms with Crippen molar-refractivity contribution in [1.82, 2.24) is 5.32 Å². The van der Waals surface area contributed by atoms with E-state index in [2.05, 4.69) is 10.3 Å². The van der Waals surface area contributed by atoms with Gasteiger partial charge < -0.3 is 20.9 Å². The first kappa shape index (κ1) is 17.3. The van der Waals surface area contributed by atoms with Crippen LogP contribution in [0.25, 0.3) is 0 Å². The van der Waals surface area contributed by atoms with Crippen LogP contribution in [0.1, 0.15) is 12.5 Å². The number of ether oxygens (including phenoxy) is 2. The fourth-order valence-corrected chi connectivity index (χ4v) is 1.67. The van der Waals surface area contributed by atoms with Gasteiger partial charge in [-0.15, -0.1) is 0 Å². The van der Waals surface area contributed by atoms with Gasteiger partial charge in [0.05, 0.1) is 20.6 Å². The van der Waals surface area contributed by atoms with E-state index >= 15 is 0 Å². The molecule has 8 heteroatoms. The number of carbonyl (C=O) groups excluding carboxylic acids is 2. The van der Waals surface area contributed by atoms with Gasteiger partial charge in [0, 0.05) is 0 Å². The molecule has 0 fully saturated rings. The molecular formula is C14H20N4O4. The van der Waals surface area contributed by atoms with Gasteiger partial charge in [0.1, 0.15) is 6.04 Å². The summed E-state index contributed by atoms with van der Waals surface area (Å²) in [7, 11) is 3.04. The molecule has 0 heterocycles. The Kier molecular flexibility index (Phi) is 6.18. The average Bonchev–Trinajstić information content (AvgIpc) is 2.46. The van der Waals surface area contributed by atoms with Gasteiger partial charge in [-0.2, -0.15) is 0 Å². The largest absolute Gasteiger partial charge is 0.493 e. The van der Waals surface area contributed by atoms with E-state index in [1.807, 2.05) is 0 Å². The van der Waals surface area contributed by atoms with Crippen LogP contribution in [0.5, 0.6) is 11.5 Å². The molecule has 0 radical (unpaired) electrons. The number of aliphatic imine (C=N–C) groups is 1. The van der Waals surface area contributed by atoms with Gasteiger partial charge in [-0.05, 0) is 24.6 Å². The molecule has 2 amide bonds. The topological polar surface area (TPSA) is 129 Å². The maximum atomic E-state index is 11.9. The summed E-state index contributed by atoms with van der Waals surface area (Å²) < 4.78 is 10.3. The average molecular weight is 308 g/mol. The van der Waals surface area contributed by atoms with Crippen LogP contribution in [0, 0.1) is 0 Å². The number of benzene rings is 1. The van der Waals surface area contributed by atoms with Crippen LogP contribution >= 0.6 is 0 Å². The van der Waals surface area contributed by atoms with Crippen LogP contribution < -0.4 is 26.3 Å². The number of guanidine groups is 1. The third-order valence-corrected chi connectivity index (χ3v) is 2.82. The Morgan fingerprint density at radius 3 is 2.41 bits per heavy atom. The van der Waals surface area contributed by atoms with Crippen molar-refractivity contribution in [3.8, 4) is 11.5 Å². The summed E-state index contributed by atoms with van der Waals surface area (Å²) in [6, 6.07) is 4.33. The molecular weight excluding hydrogens is 288 g/mol. The molecule has 22 heavy (non-hydrogen) atoms. The third-order valence-electron chi connectivity index (χ3n) is 2.82. The molecule has 0 saturated carbocycles. The molecule has 0 aromatic heterocycles. The molecule has 1 aromatic rings. The predicted molar refractivity (Wildman–Crippen MR) is 81.7 cm³/mol. The minimum absolute atomic E-state index is 0.0710. The normalized spacial score (nSPS) is 12.4. The van der Waals surface area contributed by atoms with Crippen LogP contribution in [0.2, 0.25) is 0 Å². The van der Waals surface area contributed by atoms with E-state index in [9.17, 15) is 9.59 Å². The predicted octanol–water partition coefficient (Wildman–Crippen LogP) is -0.449. The number of primary amides is 1. The Hall–Kier alpha value is -2.77. The third kappa shape index (κ3) is 4.97. The van der Waals surface area contributed by atoms with E-state index in [-0.39, 0.29) is 18.3 Å². The molecule has 0 spiro atoms.